The van der Waals surface area contributed by atoms with Crippen LogP contribution >= 0.6 is 23.2 Å². The zero-order valence-corrected chi connectivity index (χ0v) is 13.6. The van der Waals surface area contributed by atoms with Gasteiger partial charge in [-0.1, -0.05) is 41.4 Å². The van der Waals surface area contributed by atoms with Crippen LogP contribution in [-0.4, -0.2) is 16.4 Å². The Balaban J connectivity index is 1.87. The summed E-state index contributed by atoms with van der Waals surface area (Å²) in [7, 11) is 0. The van der Waals surface area contributed by atoms with Gasteiger partial charge in [-0.05, 0) is 36.4 Å². The second kappa shape index (κ2) is 7.18. The largest absolute Gasteiger partial charge is 0.448 e. The first-order chi connectivity index (χ1) is 11.7. The van der Waals surface area contributed by atoms with Gasteiger partial charge in [0.1, 0.15) is 17.8 Å². The predicted molar refractivity (Wildman–Crippen MR) is 90.9 cm³/mol. The Morgan fingerprint density at radius 1 is 1.00 bits per heavy atom. The molecule has 0 fully saturated rings. The number of carbonyl (C=O) groups excluding carboxylic acids is 1. The topological polar surface area (TPSA) is 55.3 Å². The van der Waals surface area contributed by atoms with Crippen molar-refractivity contribution in [2.45, 2.75) is 0 Å². The number of benzene rings is 1. The van der Waals surface area contributed by atoms with E-state index in [1.807, 2.05) is 30.3 Å². The van der Waals surface area contributed by atoms with Gasteiger partial charge in [-0.2, -0.15) is 0 Å². The van der Waals surface area contributed by atoms with E-state index in [0.29, 0.717) is 23.6 Å². The monoisotopic (exact) mass is 357 g/mol. The van der Waals surface area contributed by atoms with Crippen LogP contribution in [0.15, 0.2) is 48.8 Å². The number of para-hydroxylation sites is 1. The Bertz CT molecular complexity index is 822. The van der Waals surface area contributed by atoms with Gasteiger partial charge in [0, 0.05) is 0 Å². The summed E-state index contributed by atoms with van der Waals surface area (Å²) in [6.45, 7) is 0. The highest BCUT2D eigenvalue weighted by Gasteiger charge is 2.18. The van der Waals surface area contributed by atoms with Gasteiger partial charge in [0.2, 0.25) is 6.41 Å². The van der Waals surface area contributed by atoms with Gasteiger partial charge in [0.05, 0.1) is 5.69 Å². The van der Waals surface area contributed by atoms with Crippen LogP contribution in [0.3, 0.4) is 0 Å². The number of nitrogens with zero attached hydrogens (tertiary/aromatic N) is 3. The average molecular weight is 358 g/mol. The van der Waals surface area contributed by atoms with Gasteiger partial charge in [0.25, 0.3) is 0 Å². The molecule has 0 bridgehead atoms. The van der Waals surface area contributed by atoms with E-state index >= 15 is 0 Å². The molecule has 2 aromatic carbocycles. The molecule has 0 spiro atoms. The summed E-state index contributed by atoms with van der Waals surface area (Å²) in [6.07, 6.45) is 1.76. The Hall–Kier alpha value is -2.81. The van der Waals surface area contributed by atoms with Crippen LogP contribution < -0.4 is 9.64 Å². The maximum Gasteiger partial charge on any atom is 0.219 e. The highest BCUT2D eigenvalue weighted by molar-refractivity contribution is 6.38. The van der Waals surface area contributed by atoms with Crippen molar-refractivity contribution in [3.8, 4) is 11.5 Å². The van der Waals surface area contributed by atoms with Gasteiger partial charge in [-0.3, -0.25) is 9.69 Å². The van der Waals surface area contributed by atoms with E-state index in [1.54, 1.807) is 12.1 Å². The van der Waals surface area contributed by atoms with Crippen molar-refractivity contribution in [2.24, 2.45) is 0 Å². The first-order valence-corrected chi connectivity index (χ1v) is 7.52. The van der Waals surface area contributed by atoms with Crippen LogP contribution in [0.1, 0.15) is 0 Å². The minimum Gasteiger partial charge on any atom is -0.448 e. The molecule has 0 saturated heterocycles. The average Bonchev–Trinajstić information content (AvgIpc) is 2.60. The maximum atomic E-state index is 11.5. The van der Waals surface area contributed by atoms with Crippen molar-refractivity contribution in [3.05, 3.63) is 71.2 Å². The van der Waals surface area contributed by atoms with Gasteiger partial charge in [0.15, 0.2) is 16.1 Å². The molecule has 24 heavy (non-hydrogen) atoms. The lowest BCUT2D eigenvalue weighted by atomic mass is 10.3. The number of halogens is 2. The minimum absolute atomic E-state index is 0.0557. The third-order valence-electron chi connectivity index (χ3n) is 3.02. The molecule has 118 valence electrons. The zero-order chi connectivity index (χ0) is 16.9. The van der Waals surface area contributed by atoms with E-state index in [9.17, 15) is 4.79 Å². The third kappa shape index (κ3) is 3.40. The van der Waals surface area contributed by atoms with Crippen molar-refractivity contribution in [1.82, 2.24) is 9.97 Å². The van der Waals surface area contributed by atoms with Gasteiger partial charge < -0.3 is 4.74 Å². The summed E-state index contributed by atoms with van der Waals surface area (Å²) in [5, 5.41) is 0.111. The lowest BCUT2D eigenvalue weighted by molar-refractivity contribution is -0.106. The number of amides is 1. The van der Waals surface area contributed by atoms with Crippen LogP contribution in [0.5, 0.6) is 11.5 Å². The lowest BCUT2D eigenvalue weighted by Crippen LogP contribution is -2.15. The molecule has 0 aliphatic carbocycles. The minimum atomic E-state index is 0.0557. The quantitative estimate of drug-likeness (QED) is 0.499. The molecule has 1 aromatic heterocycles. The summed E-state index contributed by atoms with van der Waals surface area (Å²) in [5.74, 6) is 1.13. The fourth-order valence-corrected chi connectivity index (χ4v) is 2.44. The van der Waals surface area contributed by atoms with E-state index in [-0.39, 0.29) is 16.0 Å². The van der Waals surface area contributed by atoms with E-state index in [0.717, 1.165) is 0 Å². The zero-order valence-electron chi connectivity index (χ0n) is 12.1. The highest BCUT2D eigenvalue weighted by atomic mass is 35.5. The molecule has 0 radical (unpaired) electrons. The molecule has 1 heterocycles. The molecule has 7 heteroatoms. The number of ether oxygens (including phenoxy) is 1. The molecule has 3 rings (SSSR count). The standard InChI is InChI=1S/C17H9Cl2N3O2/c18-16-15(17(19)21-10-20-16)22(11-23)12-6-8-14(9-7-12)24-13-4-2-1-3-5-13/h1-6,8,10-11H. The molecule has 0 aliphatic heterocycles. The number of carbonyl (C=O) groups is 1. The number of aromatic nitrogens is 2. The summed E-state index contributed by atoms with van der Waals surface area (Å²) in [5.41, 5.74) is 0.557. The maximum absolute atomic E-state index is 11.5. The second-order valence-corrected chi connectivity index (χ2v) is 5.24. The Morgan fingerprint density at radius 2 is 1.71 bits per heavy atom. The second-order valence-electron chi connectivity index (χ2n) is 4.53. The summed E-state index contributed by atoms with van der Waals surface area (Å²) in [6, 6.07) is 18.2. The number of rotatable bonds is 5. The molecular formula is C17H9Cl2N3O2. The Morgan fingerprint density at radius 3 is 2.29 bits per heavy atom. The van der Waals surface area contributed by atoms with E-state index < -0.39 is 0 Å². The first kappa shape index (κ1) is 16.1. The van der Waals surface area contributed by atoms with Gasteiger partial charge in [-0.15, -0.1) is 0 Å². The van der Waals surface area contributed by atoms with Crippen LogP contribution in [0.2, 0.25) is 10.3 Å². The lowest BCUT2D eigenvalue weighted by Gasteiger charge is -2.17. The number of anilines is 2. The van der Waals surface area contributed by atoms with Crippen molar-refractivity contribution >= 4 is 41.0 Å². The molecule has 0 N–H and O–H groups in total. The number of hydrogen-bond acceptors (Lipinski definition) is 4. The Labute approximate surface area is 148 Å². The smallest absolute Gasteiger partial charge is 0.219 e. The van der Waals surface area contributed by atoms with Gasteiger partial charge in [-0.25, -0.2) is 9.97 Å². The van der Waals surface area contributed by atoms with E-state index in [4.69, 9.17) is 27.9 Å². The third-order valence-corrected chi connectivity index (χ3v) is 3.57. The molecule has 0 saturated carbocycles. The molecule has 0 atom stereocenters. The molecule has 0 aliphatic rings. The van der Waals surface area contributed by atoms with Crippen LogP contribution in [-0.2, 0) is 4.79 Å². The normalized spacial score (nSPS) is 9.92. The van der Waals surface area contributed by atoms with Crippen molar-refractivity contribution < 1.29 is 9.53 Å². The molecule has 1 amide bonds. The van der Waals surface area contributed by atoms with Crippen LogP contribution in [0.25, 0.3) is 0 Å². The first-order valence-electron chi connectivity index (χ1n) is 6.76. The summed E-state index contributed by atoms with van der Waals surface area (Å²) in [4.78, 5) is 20.3. The molecule has 3 aromatic rings. The molecule has 0 unspecified atom stereocenters. The summed E-state index contributed by atoms with van der Waals surface area (Å²) < 4.78 is 5.63. The SMILES string of the molecule is O=CN(c1c#cc(Oc2ccccc2)cc1)c1c(Cl)ncnc1Cl. The fourth-order valence-electron chi connectivity index (χ4n) is 1.95. The van der Waals surface area contributed by atoms with E-state index in [1.165, 1.54) is 11.2 Å². The van der Waals surface area contributed by atoms with Crippen molar-refractivity contribution in [1.29, 1.82) is 0 Å². The predicted octanol–water partition coefficient (Wildman–Crippen LogP) is 4.47. The molecular weight excluding hydrogens is 349 g/mol. The number of hydrogen-bond donors (Lipinski definition) is 0. The highest BCUT2D eigenvalue weighted by Crippen LogP contribution is 2.34. The summed E-state index contributed by atoms with van der Waals surface area (Å²) >= 11 is 12.0. The van der Waals surface area contributed by atoms with Crippen LogP contribution in [0, 0.1) is 12.1 Å². The van der Waals surface area contributed by atoms with Crippen molar-refractivity contribution in [2.75, 3.05) is 4.90 Å². The van der Waals surface area contributed by atoms with Gasteiger partial charge >= 0.3 is 0 Å². The molecule has 5 nitrogen and oxygen atoms in total. The fraction of sp³-hybridized carbons (Fsp3) is 0. The Kier molecular flexibility index (Phi) is 4.80. The van der Waals surface area contributed by atoms with E-state index in [2.05, 4.69) is 22.1 Å². The van der Waals surface area contributed by atoms with Crippen molar-refractivity contribution in [3.63, 3.8) is 0 Å². The van der Waals surface area contributed by atoms with Crippen LogP contribution in [0.4, 0.5) is 11.4 Å².